The summed E-state index contributed by atoms with van der Waals surface area (Å²) in [5.41, 5.74) is 0.786. The van der Waals surface area contributed by atoms with Crippen LogP contribution in [0.15, 0.2) is 36.4 Å². The lowest BCUT2D eigenvalue weighted by atomic mass is 9.74. The van der Waals surface area contributed by atoms with Crippen molar-refractivity contribution in [1.82, 2.24) is 10.2 Å². The second-order valence-corrected chi connectivity index (χ2v) is 12.6. The molecule has 2 saturated heterocycles. The van der Waals surface area contributed by atoms with Crippen LogP contribution in [0.25, 0.3) is 0 Å². The van der Waals surface area contributed by atoms with Gasteiger partial charge in [0.25, 0.3) is 0 Å². The summed E-state index contributed by atoms with van der Waals surface area (Å²) in [4.78, 5) is 43.2. The van der Waals surface area contributed by atoms with Crippen LogP contribution in [0.3, 0.4) is 0 Å². The molecule has 2 N–H and O–H groups in total. The third-order valence-electron chi connectivity index (χ3n) is 9.16. The zero-order valence-corrected chi connectivity index (χ0v) is 23.4. The fourth-order valence-electron chi connectivity index (χ4n) is 6.87. The number of anilines is 1. The van der Waals surface area contributed by atoms with Gasteiger partial charge in [0.2, 0.25) is 17.7 Å². The summed E-state index contributed by atoms with van der Waals surface area (Å²) in [6.45, 7) is 11.1. The van der Waals surface area contributed by atoms with Gasteiger partial charge >= 0.3 is 0 Å². The van der Waals surface area contributed by atoms with Crippen LogP contribution in [0.5, 0.6) is 0 Å². The SMILES string of the molecule is CC(C)CCN1C(=O)[C@@H]2C(C(=O)Nc3ccc(C(C)C)cc3)[C@@H]3C=C[C@]2(O3)C1C(=O)NC1CCCCC1C. The van der Waals surface area contributed by atoms with E-state index in [1.807, 2.05) is 36.4 Å². The molecule has 1 aromatic carbocycles. The van der Waals surface area contributed by atoms with Crippen molar-refractivity contribution in [3.05, 3.63) is 42.0 Å². The van der Waals surface area contributed by atoms with Crippen molar-refractivity contribution in [3.63, 3.8) is 0 Å². The molecular formula is C31H43N3O4. The molecule has 3 fully saturated rings. The normalized spacial score (nSPS) is 33.8. The molecule has 38 heavy (non-hydrogen) atoms. The molecule has 1 aromatic rings. The number of carbonyl (C=O) groups excluding carboxylic acids is 3. The molecule has 5 rings (SSSR count). The second kappa shape index (κ2) is 10.5. The minimum absolute atomic E-state index is 0.101. The van der Waals surface area contributed by atoms with E-state index in [0.717, 1.165) is 25.7 Å². The summed E-state index contributed by atoms with van der Waals surface area (Å²) in [6.07, 6.45) is 8.37. The van der Waals surface area contributed by atoms with Gasteiger partial charge in [0.05, 0.1) is 17.9 Å². The Morgan fingerprint density at radius 3 is 2.45 bits per heavy atom. The van der Waals surface area contributed by atoms with Crippen LogP contribution in [-0.2, 0) is 19.1 Å². The van der Waals surface area contributed by atoms with Gasteiger partial charge in [0.15, 0.2) is 0 Å². The van der Waals surface area contributed by atoms with Crippen LogP contribution in [0, 0.1) is 23.7 Å². The van der Waals surface area contributed by atoms with Crippen molar-refractivity contribution >= 4 is 23.4 Å². The first-order chi connectivity index (χ1) is 18.1. The highest BCUT2D eigenvalue weighted by molar-refractivity contribution is 6.02. The Labute approximate surface area is 226 Å². The molecular weight excluding hydrogens is 478 g/mol. The average Bonchev–Trinajstić information content (AvgIpc) is 3.51. The van der Waals surface area contributed by atoms with E-state index in [9.17, 15) is 14.4 Å². The number of fused-ring (bicyclic) bond motifs is 1. The first-order valence-electron chi connectivity index (χ1n) is 14.5. The van der Waals surface area contributed by atoms with E-state index < -0.39 is 29.6 Å². The zero-order chi connectivity index (χ0) is 27.2. The van der Waals surface area contributed by atoms with Crippen molar-refractivity contribution in [3.8, 4) is 0 Å². The number of ether oxygens (including phenoxy) is 1. The number of likely N-dealkylation sites (tertiary alicyclic amines) is 1. The number of nitrogens with one attached hydrogen (secondary N) is 2. The lowest BCUT2D eigenvalue weighted by molar-refractivity contribution is -0.141. The molecule has 7 nitrogen and oxygen atoms in total. The summed E-state index contributed by atoms with van der Waals surface area (Å²) in [6, 6.07) is 7.17. The maximum atomic E-state index is 14.0. The maximum absolute atomic E-state index is 14.0. The molecule has 4 unspecified atom stereocenters. The Morgan fingerprint density at radius 1 is 1.08 bits per heavy atom. The van der Waals surface area contributed by atoms with E-state index in [1.54, 1.807) is 4.90 Å². The summed E-state index contributed by atoms with van der Waals surface area (Å²) in [5.74, 6) is -0.741. The molecule has 1 spiro atoms. The van der Waals surface area contributed by atoms with Crippen LogP contribution in [-0.4, -0.2) is 53.0 Å². The van der Waals surface area contributed by atoms with Crippen molar-refractivity contribution in [2.24, 2.45) is 23.7 Å². The smallest absolute Gasteiger partial charge is 0.246 e. The molecule has 206 valence electrons. The van der Waals surface area contributed by atoms with Gasteiger partial charge < -0.3 is 20.3 Å². The average molecular weight is 522 g/mol. The second-order valence-electron chi connectivity index (χ2n) is 12.6. The molecule has 7 atom stereocenters. The van der Waals surface area contributed by atoms with Gasteiger partial charge in [0.1, 0.15) is 11.6 Å². The van der Waals surface area contributed by atoms with Gasteiger partial charge in [0, 0.05) is 18.3 Å². The van der Waals surface area contributed by atoms with Crippen LogP contribution in [0.1, 0.15) is 78.2 Å². The Bertz CT molecular complexity index is 1100. The number of benzene rings is 1. The minimum Gasteiger partial charge on any atom is -0.359 e. The van der Waals surface area contributed by atoms with Gasteiger partial charge in [-0.1, -0.05) is 71.7 Å². The topological polar surface area (TPSA) is 87.7 Å². The highest BCUT2D eigenvalue weighted by atomic mass is 16.5. The van der Waals surface area contributed by atoms with E-state index >= 15 is 0 Å². The standard InChI is InChI=1S/C31H43N3O4/c1-18(2)15-17-34-27(29(36)33-23-9-7-6-8-20(23)5)31-16-14-24(38-31)25(26(31)30(34)37)28(35)32-22-12-10-21(11-13-22)19(3)4/h10-14,16,18-20,23-27H,6-9,15,17H2,1-5H3,(H,32,35)(H,33,36)/t20?,23?,24-,25?,26-,27?,31+/m0/s1. The number of hydrogen-bond acceptors (Lipinski definition) is 4. The van der Waals surface area contributed by atoms with Crippen molar-refractivity contribution < 1.29 is 19.1 Å². The van der Waals surface area contributed by atoms with Crippen LogP contribution in [0.2, 0.25) is 0 Å². The third kappa shape index (κ3) is 4.67. The lowest BCUT2D eigenvalue weighted by Crippen LogP contribution is -2.57. The maximum Gasteiger partial charge on any atom is 0.246 e. The molecule has 3 heterocycles. The van der Waals surface area contributed by atoms with Gasteiger partial charge in [-0.2, -0.15) is 0 Å². The van der Waals surface area contributed by atoms with Crippen molar-refractivity contribution in [1.29, 1.82) is 0 Å². The van der Waals surface area contributed by atoms with Crippen LogP contribution < -0.4 is 10.6 Å². The van der Waals surface area contributed by atoms with Crippen LogP contribution >= 0.6 is 0 Å². The van der Waals surface area contributed by atoms with E-state index in [4.69, 9.17) is 4.74 Å². The van der Waals surface area contributed by atoms with Gasteiger partial charge in [-0.3, -0.25) is 14.4 Å². The summed E-state index contributed by atoms with van der Waals surface area (Å²) in [5, 5.41) is 6.31. The molecule has 4 aliphatic rings. The summed E-state index contributed by atoms with van der Waals surface area (Å²) in [7, 11) is 0. The molecule has 2 bridgehead atoms. The Morgan fingerprint density at radius 2 is 1.79 bits per heavy atom. The number of carbonyl (C=O) groups is 3. The molecule has 3 aliphatic heterocycles. The number of rotatable bonds is 8. The molecule has 0 aromatic heterocycles. The van der Waals surface area contributed by atoms with Gasteiger partial charge in [-0.25, -0.2) is 0 Å². The Hall–Kier alpha value is -2.67. The van der Waals surface area contributed by atoms with E-state index in [-0.39, 0.29) is 23.8 Å². The molecule has 7 heteroatoms. The van der Waals surface area contributed by atoms with E-state index in [0.29, 0.717) is 30.0 Å². The molecule has 0 radical (unpaired) electrons. The first-order valence-corrected chi connectivity index (χ1v) is 14.5. The minimum atomic E-state index is -1.11. The number of hydrogen-bond donors (Lipinski definition) is 2. The predicted molar refractivity (Wildman–Crippen MR) is 147 cm³/mol. The third-order valence-corrected chi connectivity index (χ3v) is 9.16. The van der Waals surface area contributed by atoms with Crippen LogP contribution in [0.4, 0.5) is 5.69 Å². The molecule has 1 aliphatic carbocycles. The molecule has 3 amide bonds. The highest BCUT2D eigenvalue weighted by Gasteiger charge is 2.72. The summed E-state index contributed by atoms with van der Waals surface area (Å²) >= 11 is 0. The first kappa shape index (κ1) is 26.9. The summed E-state index contributed by atoms with van der Waals surface area (Å²) < 4.78 is 6.47. The van der Waals surface area contributed by atoms with E-state index in [1.165, 1.54) is 12.0 Å². The fraction of sp³-hybridized carbons (Fsp3) is 0.645. The zero-order valence-electron chi connectivity index (χ0n) is 23.4. The van der Waals surface area contributed by atoms with Gasteiger partial charge in [-0.15, -0.1) is 0 Å². The monoisotopic (exact) mass is 521 g/mol. The highest BCUT2D eigenvalue weighted by Crippen LogP contribution is 2.55. The number of amides is 3. The van der Waals surface area contributed by atoms with Crippen molar-refractivity contribution in [2.45, 2.75) is 96.4 Å². The largest absolute Gasteiger partial charge is 0.359 e. The quantitative estimate of drug-likeness (QED) is 0.488. The predicted octanol–water partition coefficient (Wildman–Crippen LogP) is 4.64. The Kier molecular flexibility index (Phi) is 7.42. The molecule has 1 saturated carbocycles. The van der Waals surface area contributed by atoms with Gasteiger partial charge in [-0.05, 0) is 54.7 Å². The van der Waals surface area contributed by atoms with E-state index in [2.05, 4.69) is 45.3 Å². The number of nitrogens with zero attached hydrogens (tertiary/aromatic N) is 1. The fourth-order valence-corrected chi connectivity index (χ4v) is 6.87. The lowest BCUT2D eigenvalue weighted by Gasteiger charge is -2.36. The Balaban J connectivity index is 1.41. The van der Waals surface area contributed by atoms with Crippen molar-refractivity contribution in [2.75, 3.05) is 11.9 Å².